The van der Waals surface area contributed by atoms with Crippen LogP contribution in [0.15, 0.2) is 60.9 Å². The number of nitrogens with zero attached hydrogens (tertiary/aromatic N) is 2. The summed E-state index contributed by atoms with van der Waals surface area (Å²) >= 11 is 6.33. The lowest BCUT2D eigenvalue weighted by molar-refractivity contribution is 0.208. The van der Waals surface area contributed by atoms with E-state index in [0.717, 1.165) is 24.7 Å². The molecular weight excluding hydrogens is 330 g/mol. The van der Waals surface area contributed by atoms with Crippen LogP contribution in [0.5, 0.6) is 0 Å². The average molecular weight is 352 g/mol. The zero-order chi connectivity index (χ0) is 17.1. The molecule has 2 aromatic carbocycles. The maximum Gasteiger partial charge on any atom is 0.0451 e. The molecule has 2 heterocycles. The first-order valence-corrected chi connectivity index (χ1v) is 9.22. The lowest BCUT2D eigenvalue weighted by Gasteiger charge is -2.34. The number of likely N-dealkylation sites (tertiary alicyclic amines) is 1. The van der Waals surface area contributed by atoms with Crippen LogP contribution >= 0.6 is 11.6 Å². The number of fused-ring (bicyclic) bond motifs is 1. The van der Waals surface area contributed by atoms with Gasteiger partial charge in [0, 0.05) is 53.0 Å². The molecule has 3 nitrogen and oxygen atoms in total. The molecular formula is C21H22ClN3. The summed E-state index contributed by atoms with van der Waals surface area (Å²) < 4.78 is 0. The van der Waals surface area contributed by atoms with Crippen molar-refractivity contribution in [1.82, 2.24) is 9.88 Å². The molecule has 4 heteroatoms. The Morgan fingerprint density at radius 1 is 1.12 bits per heavy atom. The molecule has 0 saturated carbocycles. The molecule has 4 rings (SSSR count). The fourth-order valence-corrected chi connectivity index (χ4v) is 3.85. The van der Waals surface area contributed by atoms with E-state index >= 15 is 0 Å². The lowest BCUT2D eigenvalue weighted by Crippen LogP contribution is -2.41. The van der Waals surface area contributed by atoms with Gasteiger partial charge in [-0.05, 0) is 43.1 Å². The Hall–Kier alpha value is -2.10. The Balaban J connectivity index is 1.47. The Bertz CT molecular complexity index is 859. The van der Waals surface area contributed by atoms with Gasteiger partial charge in [-0.3, -0.25) is 9.88 Å². The standard InChI is InChI=1S/C21H22ClN3/c22-20-8-2-1-5-17(20)14-25-12-4-7-18(15-25)24-21-9-3-6-16-13-23-11-10-19(16)21/h1-3,5-6,8-11,13,18,24H,4,7,12,14-15H2. The number of aromatic nitrogens is 1. The quantitative estimate of drug-likeness (QED) is 0.719. The van der Waals surface area contributed by atoms with Gasteiger partial charge in [0.2, 0.25) is 0 Å². The van der Waals surface area contributed by atoms with E-state index in [4.69, 9.17) is 11.6 Å². The summed E-state index contributed by atoms with van der Waals surface area (Å²) in [7, 11) is 0. The highest BCUT2D eigenvalue weighted by Gasteiger charge is 2.20. The molecule has 0 radical (unpaired) electrons. The number of pyridine rings is 1. The van der Waals surface area contributed by atoms with Crippen LogP contribution in [0.25, 0.3) is 10.8 Å². The van der Waals surface area contributed by atoms with E-state index in [1.54, 1.807) is 0 Å². The number of rotatable bonds is 4. The first kappa shape index (κ1) is 16.4. The minimum Gasteiger partial charge on any atom is -0.381 e. The van der Waals surface area contributed by atoms with Gasteiger partial charge in [-0.1, -0.05) is 41.9 Å². The van der Waals surface area contributed by atoms with Gasteiger partial charge in [0.05, 0.1) is 0 Å². The third kappa shape index (κ3) is 3.78. The smallest absolute Gasteiger partial charge is 0.0451 e. The van der Waals surface area contributed by atoms with Crippen molar-refractivity contribution in [3.8, 4) is 0 Å². The Labute approximate surface area is 153 Å². The highest BCUT2D eigenvalue weighted by Crippen LogP contribution is 2.25. The van der Waals surface area contributed by atoms with Crippen LogP contribution in [0.1, 0.15) is 18.4 Å². The van der Waals surface area contributed by atoms with Crippen LogP contribution in [0, 0.1) is 0 Å². The largest absolute Gasteiger partial charge is 0.381 e. The van der Waals surface area contributed by atoms with Crippen molar-refractivity contribution < 1.29 is 0 Å². The second kappa shape index (κ2) is 7.42. The zero-order valence-corrected chi connectivity index (χ0v) is 14.9. The molecule has 1 N–H and O–H groups in total. The SMILES string of the molecule is Clc1ccccc1CN1CCCC(Nc2cccc3cnccc23)C1. The van der Waals surface area contributed by atoms with Gasteiger partial charge in [-0.25, -0.2) is 0 Å². The summed E-state index contributed by atoms with van der Waals surface area (Å²) in [6.45, 7) is 3.08. The Kier molecular flexibility index (Phi) is 4.86. The molecule has 1 atom stereocenters. The molecule has 25 heavy (non-hydrogen) atoms. The molecule has 1 fully saturated rings. The summed E-state index contributed by atoms with van der Waals surface area (Å²) in [5.74, 6) is 0. The second-order valence-electron chi connectivity index (χ2n) is 6.71. The van der Waals surface area contributed by atoms with Crippen molar-refractivity contribution in [2.75, 3.05) is 18.4 Å². The number of anilines is 1. The van der Waals surface area contributed by atoms with Crippen molar-refractivity contribution in [3.63, 3.8) is 0 Å². The Morgan fingerprint density at radius 2 is 2.04 bits per heavy atom. The number of halogens is 1. The van der Waals surface area contributed by atoms with Crippen molar-refractivity contribution >= 4 is 28.1 Å². The van der Waals surface area contributed by atoms with Gasteiger partial charge in [-0.15, -0.1) is 0 Å². The van der Waals surface area contributed by atoms with E-state index in [0.29, 0.717) is 6.04 Å². The maximum absolute atomic E-state index is 6.33. The normalized spacial score (nSPS) is 18.4. The predicted octanol–water partition coefficient (Wildman–Crippen LogP) is 4.96. The minimum absolute atomic E-state index is 0.454. The summed E-state index contributed by atoms with van der Waals surface area (Å²) in [4.78, 5) is 6.71. The van der Waals surface area contributed by atoms with Crippen molar-refractivity contribution in [2.45, 2.75) is 25.4 Å². The topological polar surface area (TPSA) is 28.2 Å². The number of hydrogen-bond donors (Lipinski definition) is 1. The van der Waals surface area contributed by atoms with E-state index in [1.807, 2.05) is 24.5 Å². The van der Waals surface area contributed by atoms with Gasteiger partial charge >= 0.3 is 0 Å². The number of piperidine rings is 1. The van der Waals surface area contributed by atoms with E-state index in [-0.39, 0.29) is 0 Å². The molecule has 1 saturated heterocycles. The summed E-state index contributed by atoms with van der Waals surface area (Å²) in [6.07, 6.45) is 6.18. The highest BCUT2D eigenvalue weighted by atomic mass is 35.5. The van der Waals surface area contributed by atoms with Gasteiger partial charge < -0.3 is 5.32 Å². The van der Waals surface area contributed by atoms with Crippen molar-refractivity contribution in [2.24, 2.45) is 0 Å². The number of nitrogens with one attached hydrogen (secondary N) is 1. The first-order valence-electron chi connectivity index (χ1n) is 8.84. The van der Waals surface area contributed by atoms with E-state index < -0.39 is 0 Å². The molecule has 0 bridgehead atoms. The van der Waals surface area contributed by atoms with E-state index in [1.165, 1.54) is 34.9 Å². The number of hydrogen-bond acceptors (Lipinski definition) is 3. The molecule has 1 aliphatic heterocycles. The van der Waals surface area contributed by atoms with Gasteiger partial charge in [0.1, 0.15) is 0 Å². The average Bonchev–Trinajstić information content (AvgIpc) is 2.64. The molecule has 128 valence electrons. The first-order chi connectivity index (χ1) is 12.3. The summed E-state index contributed by atoms with van der Waals surface area (Å²) in [5.41, 5.74) is 2.41. The Morgan fingerprint density at radius 3 is 2.96 bits per heavy atom. The monoisotopic (exact) mass is 351 g/mol. The molecule has 0 aliphatic carbocycles. The van der Waals surface area contributed by atoms with E-state index in [2.05, 4.69) is 51.6 Å². The van der Waals surface area contributed by atoms with Crippen LogP contribution in [0.3, 0.4) is 0 Å². The van der Waals surface area contributed by atoms with E-state index in [9.17, 15) is 0 Å². The van der Waals surface area contributed by atoms with Crippen LogP contribution in [0.2, 0.25) is 5.02 Å². The van der Waals surface area contributed by atoms with Crippen molar-refractivity contribution in [3.05, 3.63) is 71.5 Å². The molecule has 3 aromatic rings. The molecule has 1 aliphatic rings. The predicted molar refractivity (Wildman–Crippen MR) is 105 cm³/mol. The fraction of sp³-hybridized carbons (Fsp3) is 0.286. The van der Waals surface area contributed by atoms with Crippen molar-refractivity contribution in [1.29, 1.82) is 0 Å². The highest BCUT2D eigenvalue weighted by molar-refractivity contribution is 6.31. The lowest BCUT2D eigenvalue weighted by atomic mass is 10.0. The number of benzene rings is 2. The third-order valence-corrected chi connectivity index (χ3v) is 5.27. The van der Waals surface area contributed by atoms with Crippen LogP contribution in [0.4, 0.5) is 5.69 Å². The summed E-state index contributed by atoms with van der Waals surface area (Å²) in [5, 5.41) is 7.03. The van der Waals surface area contributed by atoms with Gasteiger partial charge in [0.15, 0.2) is 0 Å². The van der Waals surface area contributed by atoms with Gasteiger partial charge in [0.25, 0.3) is 0 Å². The molecule has 1 unspecified atom stereocenters. The van der Waals surface area contributed by atoms with Crippen LogP contribution < -0.4 is 5.32 Å². The van der Waals surface area contributed by atoms with Crippen LogP contribution in [-0.4, -0.2) is 29.0 Å². The fourth-order valence-electron chi connectivity index (χ4n) is 3.65. The summed E-state index contributed by atoms with van der Waals surface area (Å²) in [6, 6.07) is 17.0. The van der Waals surface area contributed by atoms with Crippen LogP contribution in [-0.2, 0) is 6.54 Å². The zero-order valence-electron chi connectivity index (χ0n) is 14.2. The maximum atomic E-state index is 6.33. The molecule has 1 aromatic heterocycles. The third-order valence-electron chi connectivity index (χ3n) is 4.90. The second-order valence-corrected chi connectivity index (χ2v) is 7.12. The van der Waals surface area contributed by atoms with Gasteiger partial charge in [-0.2, -0.15) is 0 Å². The molecule has 0 amide bonds. The minimum atomic E-state index is 0.454. The molecule has 0 spiro atoms.